The van der Waals surface area contributed by atoms with E-state index in [2.05, 4.69) is 26.2 Å². The summed E-state index contributed by atoms with van der Waals surface area (Å²) in [5, 5.41) is 2.74. The second-order valence-corrected chi connectivity index (χ2v) is 5.00. The summed E-state index contributed by atoms with van der Waals surface area (Å²) in [7, 11) is 0. The number of nitrogens with one attached hydrogen (secondary N) is 1. The average Bonchev–Trinajstić information content (AvgIpc) is 2.69. The Morgan fingerprint density at radius 2 is 1.84 bits per heavy atom. The molecule has 1 aliphatic rings. The lowest BCUT2D eigenvalue weighted by Crippen LogP contribution is -2.13. The van der Waals surface area contributed by atoms with E-state index in [1.54, 1.807) is 0 Å². The molecule has 0 fully saturated rings. The van der Waals surface area contributed by atoms with Gasteiger partial charge in [-0.3, -0.25) is 4.79 Å². The van der Waals surface area contributed by atoms with Gasteiger partial charge in [-0.05, 0) is 42.5 Å². The molecular formula is C14H8BrFN2O. The molecule has 3 nitrogen and oxygen atoms in total. The van der Waals surface area contributed by atoms with E-state index in [0.717, 1.165) is 15.7 Å². The number of halogens is 2. The fraction of sp³-hybridized carbons (Fsp3) is 0. The number of benzene rings is 2. The van der Waals surface area contributed by atoms with E-state index in [-0.39, 0.29) is 11.7 Å². The maximum Gasteiger partial charge on any atom is 0.275 e. The van der Waals surface area contributed by atoms with Crippen LogP contribution in [-0.4, -0.2) is 11.6 Å². The molecule has 0 unspecified atom stereocenters. The molecule has 19 heavy (non-hydrogen) atoms. The Bertz CT molecular complexity index is 695. The Morgan fingerprint density at radius 1 is 1.11 bits per heavy atom. The summed E-state index contributed by atoms with van der Waals surface area (Å²) in [5.74, 6) is -0.583. The summed E-state index contributed by atoms with van der Waals surface area (Å²) in [6.45, 7) is 0. The van der Waals surface area contributed by atoms with E-state index >= 15 is 0 Å². The zero-order chi connectivity index (χ0) is 13.4. The van der Waals surface area contributed by atoms with Gasteiger partial charge in [0, 0.05) is 10.0 Å². The maximum absolute atomic E-state index is 12.8. The minimum absolute atomic E-state index is 0.252. The minimum atomic E-state index is -0.331. The molecule has 1 aliphatic heterocycles. The summed E-state index contributed by atoms with van der Waals surface area (Å²) in [4.78, 5) is 16.2. The van der Waals surface area contributed by atoms with Gasteiger partial charge >= 0.3 is 0 Å². The van der Waals surface area contributed by atoms with Crippen molar-refractivity contribution >= 4 is 38.9 Å². The van der Waals surface area contributed by atoms with Crippen LogP contribution in [0.1, 0.15) is 5.56 Å². The molecular weight excluding hydrogens is 311 g/mol. The first-order valence-electron chi connectivity index (χ1n) is 5.59. The number of hydrogen-bond donors (Lipinski definition) is 1. The smallest absolute Gasteiger partial charge is 0.275 e. The zero-order valence-electron chi connectivity index (χ0n) is 9.65. The lowest BCUT2D eigenvalue weighted by atomic mass is 10.1. The van der Waals surface area contributed by atoms with Gasteiger partial charge in [0.2, 0.25) is 0 Å². The topological polar surface area (TPSA) is 41.5 Å². The van der Waals surface area contributed by atoms with Crippen molar-refractivity contribution in [1.82, 2.24) is 0 Å². The predicted octanol–water partition coefficient (Wildman–Crippen LogP) is 3.66. The highest BCUT2D eigenvalue weighted by Crippen LogP contribution is 2.28. The van der Waals surface area contributed by atoms with Crippen LogP contribution in [0.5, 0.6) is 0 Å². The summed E-state index contributed by atoms with van der Waals surface area (Å²) >= 11 is 3.36. The SMILES string of the molecule is O=C1Nc2ccc(Br)cc2C1=Nc1ccc(F)cc1. The van der Waals surface area contributed by atoms with Crippen molar-refractivity contribution < 1.29 is 9.18 Å². The van der Waals surface area contributed by atoms with Gasteiger partial charge in [0.1, 0.15) is 11.5 Å². The minimum Gasteiger partial charge on any atom is -0.320 e. The van der Waals surface area contributed by atoms with Crippen LogP contribution in [0.3, 0.4) is 0 Å². The third-order valence-electron chi connectivity index (χ3n) is 2.77. The van der Waals surface area contributed by atoms with Gasteiger partial charge in [-0.2, -0.15) is 0 Å². The first-order chi connectivity index (χ1) is 9.13. The molecule has 1 amide bonds. The normalized spacial score (nSPS) is 15.5. The van der Waals surface area contributed by atoms with Gasteiger partial charge in [0.05, 0.1) is 11.4 Å². The van der Waals surface area contributed by atoms with Crippen molar-refractivity contribution in [2.45, 2.75) is 0 Å². The Hall–Kier alpha value is -2.01. The molecule has 0 spiro atoms. The second-order valence-electron chi connectivity index (χ2n) is 4.08. The number of aliphatic imine (C=N–C) groups is 1. The van der Waals surface area contributed by atoms with Crippen LogP contribution in [0.15, 0.2) is 51.9 Å². The molecule has 0 saturated carbocycles. The number of amides is 1. The molecule has 1 heterocycles. The van der Waals surface area contributed by atoms with Gasteiger partial charge in [-0.1, -0.05) is 15.9 Å². The highest BCUT2D eigenvalue weighted by Gasteiger charge is 2.25. The molecule has 0 radical (unpaired) electrons. The fourth-order valence-corrected chi connectivity index (χ4v) is 2.24. The van der Waals surface area contributed by atoms with Crippen LogP contribution >= 0.6 is 15.9 Å². The first kappa shape index (κ1) is 12.0. The summed E-state index contributed by atoms with van der Waals surface area (Å²) in [6.07, 6.45) is 0. The number of rotatable bonds is 1. The van der Waals surface area contributed by atoms with Crippen molar-refractivity contribution in [2.75, 3.05) is 5.32 Å². The third-order valence-corrected chi connectivity index (χ3v) is 3.26. The molecule has 0 bridgehead atoms. The summed E-state index contributed by atoms with van der Waals surface area (Å²) in [5.41, 5.74) is 2.35. The molecule has 0 atom stereocenters. The molecule has 1 N–H and O–H groups in total. The molecule has 2 aromatic carbocycles. The van der Waals surface area contributed by atoms with E-state index in [1.807, 2.05) is 18.2 Å². The molecule has 5 heteroatoms. The molecule has 2 aromatic rings. The van der Waals surface area contributed by atoms with Gasteiger partial charge < -0.3 is 5.32 Å². The first-order valence-corrected chi connectivity index (χ1v) is 6.38. The Labute approximate surface area is 117 Å². The lowest BCUT2D eigenvalue weighted by Gasteiger charge is -1.99. The van der Waals surface area contributed by atoms with Crippen LogP contribution in [-0.2, 0) is 4.79 Å². The van der Waals surface area contributed by atoms with E-state index in [1.165, 1.54) is 24.3 Å². The van der Waals surface area contributed by atoms with Crippen molar-refractivity contribution in [3.63, 3.8) is 0 Å². The van der Waals surface area contributed by atoms with Crippen LogP contribution in [0.25, 0.3) is 0 Å². The zero-order valence-corrected chi connectivity index (χ0v) is 11.2. The van der Waals surface area contributed by atoms with Crippen molar-refractivity contribution in [1.29, 1.82) is 0 Å². The van der Waals surface area contributed by atoms with Crippen molar-refractivity contribution in [3.8, 4) is 0 Å². The number of carbonyl (C=O) groups excluding carboxylic acids is 1. The van der Waals surface area contributed by atoms with Gasteiger partial charge in [-0.15, -0.1) is 0 Å². The maximum atomic E-state index is 12.8. The second kappa shape index (κ2) is 4.59. The van der Waals surface area contributed by atoms with E-state index in [0.29, 0.717) is 11.4 Å². The number of nitrogens with zero attached hydrogens (tertiary/aromatic N) is 1. The summed E-state index contributed by atoms with van der Waals surface area (Å²) < 4.78 is 13.7. The van der Waals surface area contributed by atoms with E-state index in [9.17, 15) is 9.18 Å². The van der Waals surface area contributed by atoms with Gasteiger partial charge in [-0.25, -0.2) is 9.38 Å². The fourth-order valence-electron chi connectivity index (χ4n) is 1.88. The molecule has 0 saturated heterocycles. The van der Waals surface area contributed by atoms with Crippen molar-refractivity contribution in [2.24, 2.45) is 4.99 Å². The Kier molecular flexibility index (Phi) is 2.91. The van der Waals surface area contributed by atoms with Crippen molar-refractivity contribution in [3.05, 3.63) is 58.3 Å². The largest absolute Gasteiger partial charge is 0.320 e. The standard InChI is InChI=1S/C14H8BrFN2O/c15-8-1-6-12-11(7-8)13(14(19)18-12)17-10-4-2-9(16)3-5-10/h1-7H,(H,17,18,19). The predicted molar refractivity (Wildman–Crippen MR) is 75.4 cm³/mol. The van der Waals surface area contributed by atoms with Crippen LogP contribution in [0, 0.1) is 5.82 Å². The Balaban J connectivity index is 2.08. The number of hydrogen-bond acceptors (Lipinski definition) is 2. The monoisotopic (exact) mass is 318 g/mol. The number of carbonyl (C=O) groups is 1. The quantitative estimate of drug-likeness (QED) is 0.856. The molecule has 0 aromatic heterocycles. The average molecular weight is 319 g/mol. The highest BCUT2D eigenvalue weighted by molar-refractivity contribution is 9.10. The van der Waals surface area contributed by atoms with Gasteiger partial charge in [0.25, 0.3) is 5.91 Å². The molecule has 3 rings (SSSR count). The number of anilines is 1. The summed E-state index contributed by atoms with van der Waals surface area (Å²) in [6, 6.07) is 11.2. The lowest BCUT2D eigenvalue weighted by molar-refractivity contribution is -0.110. The number of fused-ring (bicyclic) bond motifs is 1. The van der Waals surface area contributed by atoms with Crippen LogP contribution in [0.4, 0.5) is 15.8 Å². The van der Waals surface area contributed by atoms with Gasteiger partial charge in [0.15, 0.2) is 0 Å². The van der Waals surface area contributed by atoms with E-state index in [4.69, 9.17) is 0 Å². The molecule has 94 valence electrons. The van der Waals surface area contributed by atoms with Crippen LogP contribution in [0.2, 0.25) is 0 Å². The molecule has 0 aliphatic carbocycles. The third kappa shape index (κ3) is 2.29. The highest BCUT2D eigenvalue weighted by atomic mass is 79.9. The Morgan fingerprint density at radius 3 is 2.58 bits per heavy atom. The van der Waals surface area contributed by atoms with Crippen LogP contribution < -0.4 is 5.32 Å². The van der Waals surface area contributed by atoms with E-state index < -0.39 is 0 Å².